The van der Waals surface area contributed by atoms with Crippen LogP contribution in [0.25, 0.3) is 0 Å². The minimum atomic E-state index is 0.971. The van der Waals surface area contributed by atoms with Gasteiger partial charge >= 0.3 is 0 Å². The van der Waals surface area contributed by atoms with Crippen LogP contribution in [0.15, 0.2) is 11.6 Å². The number of anilines is 1. The topological polar surface area (TPSA) is 24.9 Å². The third-order valence-corrected chi connectivity index (χ3v) is 1.40. The Kier molecular flexibility index (Phi) is 6.18. The summed E-state index contributed by atoms with van der Waals surface area (Å²) in [6.45, 7) is 7.04. The lowest BCUT2D eigenvalue weighted by atomic mass is 10.6. The van der Waals surface area contributed by atoms with Crippen molar-refractivity contribution in [1.29, 1.82) is 0 Å². The highest BCUT2D eigenvalue weighted by molar-refractivity contribution is 7.04. The van der Waals surface area contributed by atoms with Gasteiger partial charge in [-0.15, -0.1) is 0 Å². The summed E-state index contributed by atoms with van der Waals surface area (Å²) in [6, 6.07) is 0. The maximum absolute atomic E-state index is 3.92. The van der Waals surface area contributed by atoms with Gasteiger partial charge in [0, 0.05) is 11.9 Å². The largest absolute Gasteiger partial charge is 0.383 e. The zero-order chi connectivity index (χ0) is 7.82. The molecule has 0 spiro atoms. The second-order valence-corrected chi connectivity index (χ2v) is 2.10. The Labute approximate surface area is 66.4 Å². The molecule has 1 heterocycles. The predicted molar refractivity (Wildman–Crippen MR) is 47.6 cm³/mol. The molecule has 0 aromatic carbocycles. The fourth-order valence-corrected chi connectivity index (χ4v) is 0.989. The van der Waals surface area contributed by atoms with E-state index in [4.69, 9.17) is 0 Å². The van der Waals surface area contributed by atoms with Gasteiger partial charge < -0.3 is 5.32 Å². The minimum absolute atomic E-state index is 0.971. The summed E-state index contributed by atoms with van der Waals surface area (Å²) in [6.07, 6.45) is 1.83. The fraction of sp³-hybridized carbons (Fsp3) is 0.571. The zero-order valence-corrected chi connectivity index (χ0v) is 7.53. The lowest BCUT2D eigenvalue weighted by Crippen LogP contribution is -1.93. The van der Waals surface area contributed by atoms with Gasteiger partial charge in [0.05, 0.1) is 11.9 Å². The number of nitrogens with zero attached hydrogens (tertiary/aromatic N) is 1. The van der Waals surface area contributed by atoms with Gasteiger partial charge in [-0.25, -0.2) is 0 Å². The van der Waals surface area contributed by atoms with Gasteiger partial charge in [-0.1, -0.05) is 13.8 Å². The smallest absolute Gasteiger partial charge is 0.0652 e. The van der Waals surface area contributed by atoms with E-state index in [0.717, 1.165) is 12.2 Å². The molecule has 0 bridgehead atoms. The van der Waals surface area contributed by atoms with Crippen LogP contribution in [0, 0.1) is 0 Å². The molecular weight excluding hydrogens is 144 g/mol. The third kappa shape index (κ3) is 3.45. The van der Waals surface area contributed by atoms with Crippen LogP contribution < -0.4 is 5.32 Å². The van der Waals surface area contributed by atoms with Crippen molar-refractivity contribution in [1.82, 2.24) is 4.37 Å². The van der Waals surface area contributed by atoms with Crippen molar-refractivity contribution in [2.24, 2.45) is 0 Å². The van der Waals surface area contributed by atoms with Gasteiger partial charge in [-0.2, -0.15) is 4.37 Å². The number of nitrogens with one attached hydrogen (secondary N) is 1. The van der Waals surface area contributed by atoms with Gasteiger partial charge in [0.1, 0.15) is 0 Å². The molecule has 10 heavy (non-hydrogen) atoms. The van der Waals surface area contributed by atoms with E-state index in [1.807, 2.05) is 25.4 Å². The molecule has 1 N–H and O–H groups in total. The molecule has 1 rings (SSSR count). The molecule has 0 aliphatic rings. The van der Waals surface area contributed by atoms with Crippen molar-refractivity contribution in [2.75, 3.05) is 11.9 Å². The van der Waals surface area contributed by atoms with Gasteiger partial charge in [0.25, 0.3) is 0 Å². The zero-order valence-electron chi connectivity index (χ0n) is 6.72. The average Bonchev–Trinajstić information content (AvgIpc) is 2.46. The second kappa shape index (κ2) is 6.55. The van der Waals surface area contributed by atoms with Gasteiger partial charge in [0.2, 0.25) is 0 Å². The molecule has 0 fully saturated rings. The standard InChI is InChI=1S/C5H8N2S.C2H6/c1-2-6-5-3-7-8-4-5;1-2/h3-4,6H,2H2,1H3;1-2H3. The number of hydrogen-bond acceptors (Lipinski definition) is 3. The van der Waals surface area contributed by atoms with E-state index in [0.29, 0.717) is 0 Å². The Hall–Kier alpha value is -0.570. The fourth-order valence-electron chi connectivity index (χ4n) is 0.496. The second-order valence-electron chi connectivity index (χ2n) is 1.44. The van der Waals surface area contributed by atoms with Crippen molar-refractivity contribution < 1.29 is 0 Å². The molecule has 0 unspecified atom stereocenters. The first-order valence-corrected chi connectivity index (χ1v) is 4.40. The first-order chi connectivity index (χ1) is 4.93. The molecule has 0 saturated heterocycles. The van der Waals surface area contributed by atoms with E-state index in [9.17, 15) is 0 Å². The molecule has 0 radical (unpaired) electrons. The first kappa shape index (κ1) is 9.43. The SMILES string of the molecule is CC.CCNc1cnsc1. The van der Waals surface area contributed by atoms with Crippen LogP contribution in [-0.4, -0.2) is 10.9 Å². The molecule has 0 amide bonds. The molecule has 1 aromatic heterocycles. The molecule has 0 aliphatic heterocycles. The maximum atomic E-state index is 3.92. The summed E-state index contributed by atoms with van der Waals surface area (Å²) >= 11 is 1.47. The summed E-state index contributed by atoms with van der Waals surface area (Å²) in [5.74, 6) is 0. The van der Waals surface area contributed by atoms with Crippen LogP contribution in [-0.2, 0) is 0 Å². The Bertz CT molecular complexity index is 137. The van der Waals surface area contributed by atoms with Crippen LogP contribution in [0.2, 0.25) is 0 Å². The molecule has 0 saturated carbocycles. The summed E-state index contributed by atoms with van der Waals surface area (Å²) in [4.78, 5) is 0. The van der Waals surface area contributed by atoms with Crippen molar-refractivity contribution in [2.45, 2.75) is 20.8 Å². The number of hydrogen-bond donors (Lipinski definition) is 1. The Morgan fingerprint density at radius 1 is 1.60 bits per heavy atom. The Balaban J connectivity index is 0.000000371. The lowest BCUT2D eigenvalue weighted by Gasteiger charge is -1.92. The van der Waals surface area contributed by atoms with Crippen molar-refractivity contribution in [3.8, 4) is 0 Å². The average molecular weight is 158 g/mol. The summed E-state index contributed by atoms with van der Waals surface area (Å²) < 4.78 is 3.92. The van der Waals surface area contributed by atoms with E-state index in [-0.39, 0.29) is 0 Å². The van der Waals surface area contributed by atoms with Crippen LogP contribution in [0.3, 0.4) is 0 Å². The molecule has 2 nitrogen and oxygen atoms in total. The Morgan fingerprint density at radius 3 is 2.70 bits per heavy atom. The monoisotopic (exact) mass is 158 g/mol. The quantitative estimate of drug-likeness (QED) is 0.715. The third-order valence-electron chi connectivity index (χ3n) is 0.813. The predicted octanol–water partition coefficient (Wildman–Crippen LogP) is 2.60. The summed E-state index contributed by atoms with van der Waals surface area (Å²) in [7, 11) is 0. The van der Waals surface area contributed by atoms with E-state index < -0.39 is 0 Å². The van der Waals surface area contributed by atoms with Gasteiger partial charge in [-0.3, -0.25) is 0 Å². The molecule has 58 valence electrons. The van der Waals surface area contributed by atoms with Crippen LogP contribution in [0.1, 0.15) is 20.8 Å². The highest BCUT2D eigenvalue weighted by atomic mass is 32.1. The van der Waals surface area contributed by atoms with Gasteiger partial charge in [-0.05, 0) is 18.5 Å². The normalized spacial score (nSPS) is 7.90. The number of rotatable bonds is 2. The van der Waals surface area contributed by atoms with Crippen LogP contribution >= 0.6 is 11.5 Å². The molecular formula is C7H14N2S. The van der Waals surface area contributed by atoms with Crippen molar-refractivity contribution >= 4 is 17.2 Å². The molecule has 3 heteroatoms. The van der Waals surface area contributed by atoms with E-state index in [1.54, 1.807) is 0 Å². The molecule has 1 aromatic rings. The minimum Gasteiger partial charge on any atom is -0.383 e. The Morgan fingerprint density at radius 2 is 2.30 bits per heavy atom. The number of aromatic nitrogens is 1. The van der Waals surface area contributed by atoms with Gasteiger partial charge in [0.15, 0.2) is 0 Å². The van der Waals surface area contributed by atoms with E-state index in [2.05, 4.69) is 16.6 Å². The highest BCUT2D eigenvalue weighted by Crippen LogP contribution is 2.06. The van der Waals surface area contributed by atoms with Crippen LogP contribution in [0.5, 0.6) is 0 Å². The highest BCUT2D eigenvalue weighted by Gasteiger charge is 1.85. The first-order valence-electron chi connectivity index (χ1n) is 3.56. The van der Waals surface area contributed by atoms with Crippen LogP contribution in [0.4, 0.5) is 5.69 Å². The summed E-state index contributed by atoms with van der Waals surface area (Å²) in [5, 5.41) is 5.12. The van der Waals surface area contributed by atoms with E-state index >= 15 is 0 Å². The lowest BCUT2D eigenvalue weighted by molar-refractivity contribution is 1.21. The maximum Gasteiger partial charge on any atom is 0.0652 e. The molecule has 0 aliphatic carbocycles. The van der Waals surface area contributed by atoms with E-state index in [1.165, 1.54) is 11.5 Å². The summed E-state index contributed by atoms with van der Waals surface area (Å²) in [5.41, 5.74) is 1.12. The van der Waals surface area contributed by atoms with Crippen molar-refractivity contribution in [3.63, 3.8) is 0 Å². The van der Waals surface area contributed by atoms with Crippen molar-refractivity contribution in [3.05, 3.63) is 11.6 Å². The molecule has 0 atom stereocenters.